The minimum Gasteiger partial charge on any atom is -0.306 e. The largest absolute Gasteiger partial charge is 0.306 e. The van der Waals surface area contributed by atoms with E-state index in [0.717, 1.165) is 11.3 Å². The summed E-state index contributed by atoms with van der Waals surface area (Å²) in [6.45, 7) is 4.18. The second kappa shape index (κ2) is 5.08. The van der Waals surface area contributed by atoms with E-state index in [4.69, 9.17) is 0 Å². The summed E-state index contributed by atoms with van der Waals surface area (Å²) in [5.41, 5.74) is 0. The number of nitrogens with one attached hydrogen (secondary N) is 1. The zero-order valence-electron chi connectivity index (χ0n) is 10.3. The van der Waals surface area contributed by atoms with Gasteiger partial charge >= 0.3 is 0 Å². The van der Waals surface area contributed by atoms with E-state index in [2.05, 4.69) is 31.3 Å². The van der Waals surface area contributed by atoms with Gasteiger partial charge in [-0.3, -0.25) is 0 Å². The lowest BCUT2D eigenvalue weighted by molar-refractivity contribution is 0.489. The summed E-state index contributed by atoms with van der Waals surface area (Å²) in [7, 11) is -2.90. The third-order valence-electron chi connectivity index (χ3n) is 3.14. The number of sulfone groups is 1. The Morgan fingerprint density at radius 1 is 1.47 bits per heavy atom. The molecule has 0 aromatic carbocycles. The second-order valence-corrected chi connectivity index (χ2v) is 8.11. The first-order valence-corrected chi connectivity index (χ1v) is 8.69. The molecule has 17 heavy (non-hydrogen) atoms. The molecule has 1 saturated heterocycles. The topological polar surface area (TPSA) is 46.2 Å². The van der Waals surface area contributed by atoms with Crippen LogP contribution in [0.4, 0.5) is 0 Å². The van der Waals surface area contributed by atoms with Gasteiger partial charge in [0.05, 0.1) is 17.5 Å². The van der Waals surface area contributed by atoms with Crippen molar-refractivity contribution in [2.75, 3.05) is 11.5 Å². The van der Waals surface area contributed by atoms with Gasteiger partial charge in [-0.05, 0) is 31.9 Å². The van der Waals surface area contributed by atoms with Crippen LogP contribution in [0.1, 0.15) is 36.1 Å². The molecule has 1 aliphatic rings. The van der Waals surface area contributed by atoms with Crippen molar-refractivity contribution in [3.8, 4) is 0 Å². The monoisotopic (exact) mass is 273 g/mol. The van der Waals surface area contributed by atoms with Crippen LogP contribution in [0.3, 0.4) is 0 Å². The fourth-order valence-electron chi connectivity index (χ4n) is 2.10. The van der Waals surface area contributed by atoms with Crippen molar-refractivity contribution in [2.24, 2.45) is 0 Å². The summed E-state index contributed by atoms with van der Waals surface area (Å²) < 4.78 is 23.7. The molecule has 1 aromatic heterocycles. The number of thiophene rings is 1. The Labute approximate surface area is 107 Å². The smallest absolute Gasteiger partial charge is 0.152 e. The van der Waals surface area contributed by atoms with Crippen LogP contribution in [0.15, 0.2) is 12.1 Å². The van der Waals surface area contributed by atoms with Crippen LogP contribution in [0.25, 0.3) is 0 Å². The molecule has 2 rings (SSSR count). The molecule has 1 fully saturated rings. The normalized spacial score (nSPS) is 28.8. The number of hydrogen-bond acceptors (Lipinski definition) is 4. The van der Waals surface area contributed by atoms with Crippen molar-refractivity contribution in [3.05, 3.63) is 21.9 Å². The molecule has 96 valence electrons. The van der Waals surface area contributed by atoms with Gasteiger partial charge in [-0.1, -0.05) is 6.92 Å². The first kappa shape index (κ1) is 13.1. The summed E-state index contributed by atoms with van der Waals surface area (Å²) in [6.07, 6.45) is 1.73. The summed E-state index contributed by atoms with van der Waals surface area (Å²) in [6, 6.07) is 4.41. The molecular weight excluding hydrogens is 254 g/mol. The minimum absolute atomic E-state index is 0.0252. The second-order valence-electron chi connectivity index (χ2n) is 4.68. The van der Waals surface area contributed by atoms with Gasteiger partial charge in [0.2, 0.25) is 0 Å². The van der Waals surface area contributed by atoms with Crippen LogP contribution in [0.5, 0.6) is 0 Å². The van der Waals surface area contributed by atoms with E-state index in [1.54, 1.807) is 11.3 Å². The molecular formula is C12H19NO2S2. The molecule has 3 nitrogen and oxygen atoms in total. The quantitative estimate of drug-likeness (QED) is 0.898. The highest BCUT2D eigenvalue weighted by molar-refractivity contribution is 7.91. The van der Waals surface area contributed by atoms with Gasteiger partial charge in [0.15, 0.2) is 9.84 Å². The van der Waals surface area contributed by atoms with Crippen LogP contribution < -0.4 is 5.32 Å². The van der Waals surface area contributed by atoms with E-state index in [1.807, 2.05) is 0 Å². The summed E-state index contributed by atoms with van der Waals surface area (Å²) in [5.74, 6) is 0.546. The molecule has 0 radical (unpaired) electrons. The van der Waals surface area contributed by atoms with Crippen LogP contribution in [0.2, 0.25) is 0 Å². The van der Waals surface area contributed by atoms with Gasteiger partial charge in [0.25, 0.3) is 0 Å². The average molecular weight is 273 g/mol. The van der Waals surface area contributed by atoms with Crippen molar-refractivity contribution in [2.45, 2.75) is 38.8 Å². The maximum absolute atomic E-state index is 11.8. The fourth-order valence-corrected chi connectivity index (χ4v) is 4.89. The van der Waals surface area contributed by atoms with Gasteiger partial charge in [0, 0.05) is 15.8 Å². The first-order chi connectivity index (χ1) is 8.00. The Hall–Kier alpha value is -0.390. The van der Waals surface area contributed by atoms with E-state index in [-0.39, 0.29) is 17.8 Å². The van der Waals surface area contributed by atoms with Crippen LogP contribution in [0, 0.1) is 0 Å². The Bertz CT molecular complexity index is 478. The van der Waals surface area contributed by atoms with Crippen molar-refractivity contribution in [1.82, 2.24) is 5.32 Å². The lowest BCUT2D eigenvalue weighted by Gasteiger charge is -2.17. The molecule has 0 aliphatic carbocycles. The Morgan fingerprint density at radius 2 is 2.24 bits per heavy atom. The van der Waals surface area contributed by atoms with E-state index >= 15 is 0 Å². The average Bonchev–Trinajstić information content (AvgIpc) is 2.69. The SMILES string of the molecule is CCc1ccc(C2CS(=O)(=O)CCC(C)N2)s1. The lowest BCUT2D eigenvalue weighted by Crippen LogP contribution is -2.30. The third-order valence-corrected chi connectivity index (χ3v) is 6.18. The fraction of sp³-hybridized carbons (Fsp3) is 0.667. The molecule has 0 spiro atoms. The highest BCUT2D eigenvalue weighted by Crippen LogP contribution is 2.27. The standard InChI is InChI=1S/C12H19NO2S2/c1-3-10-4-5-12(16-10)11-8-17(14,15)7-6-9(2)13-11/h4-5,9,11,13H,3,6-8H2,1-2H3. The molecule has 5 heteroatoms. The van der Waals surface area contributed by atoms with Gasteiger partial charge in [-0.15, -0.1) is 11.3 Å². The zero-order chi connectivity index (χ0) is 12.5. The zero-order valence-corrected chi connectivity index (χ0v) is 11.9. The summed E-state index contributed by atoms with van der Waals surface area (Å²) in [4.78, 5) is 2.47. The molecule has 2 unspecified atom stereocenters. The number of rotatable bonds is 2. The van der Waals surface area contributed by atoms with Gasteiger partial charge in [0.1, 0.15) is 0 Å². The van der Waals surface area contributed by atoms with Crippen LogP contribution >= 0.6 is 11.3 Å². The van der Waals surface area contributed by atoms with E-state index in [1.165, 1.54) is 4.88 Å². The summed E-state index contributed by atoms with van der Waals surface area (Å²) >= 11 is 1.72. The molecule has 0 saturated carbocycles. The van der Waals surface area contributed by atoms with E-state index in [9.17, 15) is 8.42 Å². The molecule has 1 aliphatic heterocycles. The third kappa shape index (κ3) is 3.30. The maximum atomic E-state index is 11.8. The van der Waals surface area contributed by atoms with Gasteiger partial charge < -0.3 is 5.32 Å². The van der Waals surface area contributed by atoms with Crippen molar-refractivity contribution in [1.29, 1.82) is 0 Å². The van der Waals surface area contributed by atoms with Crippen molar-refractivity contribution < 1.29 is 8.42 Å². The first-order valence-electron chi connectivity index (χ1n) is 6.05. The predicted octanol–water partition coefficient (Wildman–Crippen LogP) is 2.15. The number of hydrogen-bond donors (Lipinski definition) is 1. The lowest BCUT2D eigenvalue weighted by atomic mass is 10.2. The molecule has 2 heterocycles. The molecule has 0 amide bonds. The Morgan fingerprint density at radius 3 is 2.88 bits per heavy atom. The van der Waals surface area contributed by atoms with Crippen molar-refractivity contribution >= 4 is 21.2 Å². The van der Waals surface area contributed by atoms with Crippen molar-refractivity contribution in [3.63, 3.8) is 0 Å². The maximum Gasteiger partial charge on any atom is 0.152 e. The molecule has 1 N–H and O–H groups in total. The predicted molar refractivity (Wildman–Crippen MR) is 72.3 cm³/mol. The Kier molecular flexibility index (Phi) is 3.90. The van der Waals surface area contributed by atoms with Gasteiger partial charge in [-0.2, -0.15) is 0 Å². The highest BCUT2D eigenvalue weighted by atomic mass is 32.2. The summed E-state index contributed by atoms with van der Waals surface area (Å²) in [5, 5.41) is 3.42. The molecule has 2 atom stereocenters. The minimum atomic E-state index is -2.90. The molecule has 1 aromatic rings. The van der Waals surface area contributed by atoms with E-state index in [0.29, 0.717) is 12.2 Å². The van der Waals surface area contributed by atoms with E-state index < -0.39 is 9.84 Å². The van der Waals surface area contributed by atoms with Gasteiger partial charge in [-0.25, -0.2) is 8.42 Å². The van der Waals surface area contributed by atoms with Crippen LogP contribution in [-0.2, 0) is 16.3 Å². The Balaban J connectivity index is 2.23. The number of aryl methyl sites for hydroxylation is 1. The highest BCUT2D eigenvalue weighted by Gasteiger charge is 2.27. The molecule has 0 bridgehead atoms. The van der Waals surface area contributed by atoms with Crippen LogP contribution in [-0.4, -0.2) is 26.0 Å².